The van der Waals surface area contributed by atoms with Gasteiger partial charge in [0, 0.05) is 6.54 Å². The van der Waals surface area contributed by atoms with Crippen LogP contribution in [0, 0.1) is 5.92 Å². The zero-order chi connectivity index (χ0) is 19.5. The number of hydrogen-bond acceptors (Lipinski definition) is 6. The molecule has 1 atom stereocenters. The lowest BCUT2D eigenvalue weighted by molar-refractivity contribution is -0.121. The summed E-state index contributed by atoms with van der Waals surface area (Å²) in [5.41, 5.74) is 8.54. The second-order valence-electron chi connectivity index (χ2n) is 6.99. The number of hydrogen-bond donors (Lipinski definition) is 1. The van der Waals surface area contributed by atoms with Gasteiger partial charge < -0.3 is 20.1 Å². The second kappa shape index (κ2) is 7.82. The molecule has 0 spiro atoms. The molecule has 1 aliphatic rings. The fraction of sp³-hybridized carbons (Fsp3) is 0.286. The lowest BCUT2D eigenvalue weighted by atomic mass is 10.1. The third kappa shape index (κ3) is 3.61. The van der Waals surface area contributed by atoms with Crippen LogP contribution in [-0.4, -0.2) is 22.6 Å². The Morgan fingerprint density at radius 1 is 1.07 bits per heavy atom. The molecule has 1 aliphatic heterocycles. The number of nitrogens with zero attached hydrogens (tertiary/aromatic N) is 4. The molecule has 1 unspecified atom stereocenters. The van der Waals surface area contributed by atoms with Crippen molar-refractivity contribution in [1.29, 1.82) is 0 Å². The number of carbonyl (C=O) groups excluding carboxylic acids is 1. The standard InChI is InChI=1S/C21H23N5O2/c1-15-12-25(14-19-23-20(11-22)28-24-19)17-9-5-6-10-18(17)26(21(15)27)13-16-7-3-2-4-8-16/h2-10,15H,11-14,22H2,1H3. The number of nitrogens with two attached hydrogens (primary N) is 1. The Morgan fingerprint density at radius 2 is 1.79 bits per heavy atom. The largest absolute Gasteiger partial charge is 0.361 e. The van der Waals surface area contributed by atoms with Crippen LogP contribution in [0.1, 0.15) is 24.2 Å². The summed E-state index contributed by atoms with van der Waals surface area (Å²) in [5.74, 6) is 0.908. The van der Waals surface area contributed by atoms with Crippen LogP contribution in [0.5, 0.6) is 0 Å². The second-order valence-corrected chi connectivity index (χ2v) is 6.99. The summed E-state index contributed by atoms with van der Waals surface area (Å²) in [4.78, 5) is 21.5. The minimum absolute atomic E-state index is 0.106. The first-order valence-corrected chi connectivity index (χ1v) is 9.36. The smallest absolute Gasteiger partial charge is 0.240 e. The zero-order valence-electron chi connectivity index (χ0n) is 15.8. The first-order chi connectivity index (χ1) is 13.7. The molecule has 3 aromatic rings. The summed E-state index contributed by atoms with van der Waals surface area (Å²) < 4.78 is 5.13. The lowest BCUT2D eigenvalue weighted by Gasteiger charge is -2.26. The molecule has 0 saturated carbocycles. The first kappa shape index (κ1) is 18.2. The Labute approximate surface area is 163 Å². The van der Waals surface area contributed by atoms with Crippen molar-refractivity contribution >= 4 is 17.3 Å². The van der Waals surface area contributed by atoms with E-state index in [2.05, 4.69) is 15.0 Å². The number of aromatic nitrogens is 2. The van der Waals surface area contributed by atoms with E-state index in [9.17, 15) is 4.79 Å². The van der Waals surface area contributed by atoms with E-state index in [1.54, 1.807) is 0 Å². The summed E-state index contributed by atoms with van der Waals surface area (Å²) >= 11 is 0. The maximum Gasteiger partial charge on any atom is 0.240 e. The Morgan fingerprint density at radius 3 is 2.50 bits per heavy atom. The van der Waals surface area contributed by atoms with E-state index in [-0.39, 0.29) is 18.4 Å². The molecular weight excluding hydrogens is 354 g/mol. The maximum absolute atomic E-state index is 13.2. The highest BCUT2D eigenvalue weighted by Gasteiger charge is 2.31. The summed E-state index contributed by atoms with van der Waals surface area (Å²) in [6.45, 7) is 3.74. The Hall–Kier alpha value is -3.19. The van der Waals surface area contributed by atoms with Gasteiger partial charge in [0.05, 0.1) is 36.9 Å². The average Bonchev–Trinajstić information content (AvgIpc) is 3.16. The van der Waals surface area contributed by atoms with Crippen molar-refractivity contribution in [1.82, 2.24) is 10.1 Å². The highest BCUT2D eigenvalue weighted by molar-refractivity contribution is 5.99. The van der Waals surface area contributed by atoms with E-state index in [1.165, 1.54) is 0 Å². The molecule has 144 valence electrons. The van der Waals surface area contributed by atoms with E-state index in [1.807, 2.05) is 66.4 Å². The predicted molar refractivity (Wildman–Crippen MR) is 106 cm³/mol. The van der Waals surface area contributed by atoms with E-state index >= 15 is 0 Å². The molecule has 0 fully saturated rings. The summed E-state index contributed by atoms with van der Waals surface area (Å²) in [6, 6.07) is 18.0. The van der Waals surface area contributed by atoms with Crippen LogP contribution in [-0.2, 0) is 24.4 Å². The van der Waals surface area contributed by atoms with Crippen LogP contribution in [0.15, 0.2) is 59.1 Å². The van der Waals surface area contributed by atoms with E-state index < -0.39 is 0 Å². The van der Waals surface area contributed by atoms with Gasteiger partial charge in [-0.05, 0) is 17.7 Å². The molecule has 7 nitrogen and oxygen atoms in total. The van der Waals surface area contributed by atoms with Crippen molar-refractivity contribution in [3.63, 3.8) is 0 Å². The molecule has 4 rings (SSSR count). The minimum Gasteiger partial charge on any atom is -0.361 e. The van der Waals surface area contributed by atoms with E-state index in [0.29, 0.717) is 31.3 Å². The first-order valence-electron chi connectivity index (χ1n) is 9.36. The molecule has 7 heteroatoms. The molecular formula is C21H23N5O2. The fourth-order valence-corrected chi connectivity index (χ4v) is 3.54. The number of para-hydroxylation sites is 2. The zero-order valence-corrected chi connectivity index (χ0v) is 15.8. The van der Waals surface area contributed by atoms with E-state index in [0.717, 1.165) is 16.9 Å². The van der Waals surface area contributed by atoms with Gasteiger partial charge in [0.15, 0.2) is 5.82 Å². The van der Waals surface area contributed by atoms with Crippen LogP contribution in [0.2, 0.25) is 0 Å². The monoisotopic (exact) mass is 377 g/mol. The van der Waals surface area contributed by atoms with Crippen molar-refractivity contribution in [3.05, 3.63) is 71.9 Å². The topological polar surface area (TPSA) is 88.5 Å². The van der Waals surface area contributed by atoms with Crippen LogP contribution >= 0.6 is 0 Å². The number of rotatable bonds is 5. The van der Waals surface area contributed by atoms with Gasteiger partial charge in [0.1, 0.15) is 0 Å². The summed E-state index contributed by atoms with van der Waals surface area (Å²) in [6.07, 6.45) is 0. The third-order valence-electron chi connectivity index (χ3n) is 4.90. The number of amides is 1. The molecule has 2 heterocycles. The SMILES string of the molecule is CC1CN(Cc2noc(CN)n2)c2ccccc2N(Cc2ccccc2)C1=O. The lowest BCUT2D eigenvalue weighted by Crippen LogP contribution is -2.36. The highest BCUT2D eigenvalue weighted by Crippen LogP contribution is 2.35. The number of fused-ring (bicyclic) bond motifs is 1. The van der Waals surface area contributed by atoms with Gasteiger partial charge in [0.25, 0.3) is 0 Å². The third-order valence-corrected chi connectivity index (χ3v) is 4.90. The van der Waals surface area contributed by atoms with Gasteiger partial charge in [0.2, 0.25) is 11.8 Å². The molecule has 1 aromatic heterocycles. The predicted octanol–water partition coefficient (Wildman–Crippen LogP) is 2.72. The quantitative estimate of drug-likeness (QED) is 0.735. The van der Waals surface area contributed by atoms with Crippen LogP contribution in [0.3, 0.4) is 0 Å². The van der Waals surface area contributed by atoms with Gasteiger partial charge in [-0.15, -0.1) is 0 Å². The van der Waals surface area contributed by atoms with Gasteiger partial charge in [-0.3, -0.25) is 4.79 Å². The minimum atomic E-state index is -0.169. The number of carbonyl (C=O) groups is 1. The van der Waals surface area contributed by atoms with Gasteiger partial charge in [-0.25, -0.2) is 0 Å². The summed E-state index contributed by atoms with van der Waals surface area (Å²) in [7, 11) is 0. The Kier molecular flexibility index (Phi) is 5.08. The van der Waals surface area contributed by atoms with Gasteiger partial charge >= 0.3 is 0 Å². The normalized spacial score (nSPS) is 16.8. The Bertz CT molecular complexity index is 956. The molecule has 2 N–H and O–H groups in total. The van der Waals surface area contributed by atoms with Crippen LogP contribution in [0.4, 0.5) is 11.4 Å². The van der Waals surface area contributed by atoms with Crippen molar-refractivity contribution in [2.75, 3.05) is 16.3 Å². The number of benzene rings is 2. The molecule has 28 heavy (non-hydrogen) atoms. The van der Waals surface area contributed by atoms with Crippen molar-refractivity contribution in [2.45, 2.75) is 26.6 Å². The average molecular weight is 377 g/mol. The van der Waals surface area contributed by atoms with Gasteiger partial charge in [-0.1, -0.05) is 54.5 Å². The molecule has 0 bridgehead atoms. The van der Waals surface area contributed by atoms with Crippen molar-refractivity contribution < 1.29 is 9.32 Å². The van der Waals surface area contributed by atoms with Crippen LogP contribution < -0.4 is 15.5 Å². The molecule has 0 aliphatic carbocycles. The van der Waals surface area contributed by atoms with Crippen molar-refractivity contribution in [3.8, 4) is 0 Å². The fourth-order valence-electron chi connectivity index (χ4n) is 3.54. The van der Waals surface area contributed by atoms with Gasteiger partial charge in [-0.2, -0.15) is 4.98 Å². The molecule has 2 aromatic carbocycles. The van der Waals surface area contributed by atoms with E-state index in [4.69, 9.17) is 10.3 Å². The maximum atomic E-state index is 13.2. The molecule has 0 saturated heterocycles. The molecule has 1 amide bonds. The van der Waals surface area contributed by atoms with Crippen LogP contribution in [0.25, 0.3) is 0 Å². The highest BCUT2D eigenvalue weighted by atomic mass is 16.5. The summed E-state index contributed by atoms with van der Waals surface area (Å²) in [5, 5.41) is 4.01. The number of anilines is 2. The Balaban J connectivity index is 1.69. The molecule has 0 radical (unpaired) electrons. The van der Waals surface area contributed by atoms with Crippen molar-refractivity contribution in [2.24, 2.45) is 11.7 Å².